The lowest BCUT2D eigenvalue weighted by molar-refractivity contribution is 0.979. The van der Waals surface area contributed by atoms with E-state index >= 15 is 0 Å². The number of nitrogens with zero attached hydrogens (tertiary/aromatic N) is 3. The van der Waals surface area contributed by atoms with E-state index in [0.29, 0.717) is 49.4 Å². The highest BCUT2D eigenvalue weighted by molar-refractivity contribution is 6.53. The van der Waals surface area contributed by atoms with Crippen LogP contribution >= 0.6 is 0 Å². The van der Waals surface area contributed by atoms with Crippen molar-refractivity contribution in [3.05, 3.63) is 443 Å². The minimum atomic E-state index is -0.265. The maximum Gasteiger partial charge on any atom is 0.266 e. The second-order valence-electron chi connectivity index (χ2n) is 36.0. The van der Waals surface area contributed by atoms with Crippen molar-refractivity contribution in [2.75, 3.05) is 0 Å². The molecule has 0 bridgehead atoms. The Kier molecular flexibility index (Phi) is 15.0. The van der Waals surface area contributed by atoms with Crippen LogP contribution in [0.2, 0.25) is 0 Å². The van der Waals surface area contributed by atoms with Crippen LogP contribution in [0.4, 0.5) is 0 Å². The van der Waals surface area contributed by atoms with Gasteiger partial charge in [0.15, 0.2) is 0 Å². The second-order valence-corrected chi connectivity index (χ2v) is 36.0. The van der Waals surface area contributed by atoms with Gasteiger partial charge in [-0.2, -0.15) is 0 Å². The van der Waals surface area contributed by atoms with Gasteiger partial charge in [0.2, 0.25) is 0 Å². The summed E-state index contributed by atoms with van der Waals surface area (Å²) >= 11 is 0. The van der Waals surface area contributed by atoms with Gasteiger partial charge in [-0.05, 0) is 327 Å². The minimum absolute atomic E-state index is 0.260. The third kappa shape index (κ3) is 9.73. The molecule has 30 aromatic rings. The average Bonchev–Trinajstić information content (AvgIpc) is 1.51. The van der Waals surface area contributed by atoms with Crippen molar-refractivity contribution in [2.45, 2.75) is 20.8 Å². The maximum atomic E-state index is 14.6. The van der Waals surface area contributed by atoms with E-state index in [2.05, 4.69) is 182 Å². The van der Waals surface area contributed by atoms with Crippen molar-refractivity contribution in [3.8, 4) is 83.8 Å². The zero-order valence-corrected chi connectivity index (χ0v) is 71.4. The summed E-state index contributed by atoms with van der Waals surface area (Å²) in [4.78, 5) is 87.4. The first-order valence-electron chi connectivity index (χ1n) is 44.8. The lowest BCUT2D eigenvalue weighted by atomic mass is 9.89. The molecule has 30 rings (SSSR count). The van der Waals surface area contributed by atoms with E-state index < -0.39 is 0 Å². The molecule has 0 aliphatic carbocycles. The quantitative estimate of drug-likeness (QED) is 0.133. The number of hydrogen-bond donors (Lipinski definition) is 0. The molecule has 132 heavy (non-hydrogen) atoms. The van der Waals surface area contributed by atoms with Crippen LogP contribution in [-0.4, -0.2) is 13.7 Å². The summed E-state index contributed by atoms with van der Waals surface area (Å²) in [6, 6.07) is 125. The molecular formula is C123H69N3O6. The first-order valence-corrected chi connectivity index (χ1v) is 44.8. The van der Waals surface area contributed by atoms with E-state index in [1.165, 1.54) is 78.3 Å². The molecule has 0 unspecified atom stereocenters. The van der Waals surface area contributed by atoms with Gasteiger partial charge in [0.1, 0.15) is 0 Å². The van der Waals surface area contributed by atoms with Crippen molar-refractivity contribution in [2.24, 2.45) is 0 Å². The smallest absolute Gasteiger partial charge is 0.266 e. The van der Waals surface area contributed by atoms with Crippen molar-refractivity contribution in [1.82, 2.24) is 13.7 Å². The van der Waals surface area contributed by atoms with E-state index in [-0.39, 0.29) is 33.4 Å². The standard InChI is InChI=1S/3C41H23NO2/c1-22-10-8-9-15-32(22)42-40(43)38-30-20-28(23-11-4-2-5-12-23)26-18-16-25-17-19-27-29(24-13-6-3-7-14-24)21-31(39(38)41(42)44)37-35(27)33(25)34(26)36(30)37;1-22-9-8-14-26(19-22)42-40(43)38-31-20-29(23-10-4-2-5-11-23)27-17-15-25-16-18-28-30(24-12-6-3-7-13-24)21-32(39(38)41(42)44)37-35(28)33(25)34(27)36(31)37;1-22-12-16-26(17-13-22)42-40(43)38-31-20-29(23-8-4-2-5-9-23)27-18-14-25-15-19-28-30(24-10-6-3-7-11-24)21-32(39(38)41(42)44)37-35(28)33(25)34(27)36(31)37/h3*2-21H,1H3. The van der Waals surface area contributed by atoms with Gasteiger partial charge in [-0.3, -0.25) is 28.8 Å². The number of aromatic nitrogens is 3. The van der Waals surface area contributed by atoms with E-state index in [4.69, 9.17) is 0 Å². The van der Waals surface area contributed by atoms with Gasteiger partial charge in [-0.15, -0.1) is 0 Å². The summed E-state index contributed by atoms with van der Waals surface area (Å²) in [6.45, 7) is 5.93. The number of fused-ring (bicyclic) bond motifs is 9. The van der Waals surface area contributed by atoms with Crippen LogP contribution in [0, 0.1) is 20.8 Å². The SMILES string of the molecule is Cc1ccc(-n2c(=O)c3c4cc(-c5ccccc5)c5ccc6ccc7c(-c8ccccc8)cc(c3c2=O)c2c7c6c5c42)cc1.Cc1cccc(-n2c(=O)c3c4cc(-c5ccccc5)c5ccc6ccc7c(-c8ccccc8)cc(c3c2=O)c2c7c6c5c42)c1.Cc1ccccc1-n1c(=O)c2c3cc(-c4ccccc4)c4ccc5ccc6c(-c7ccccc7)cc(c2c1=O)c1c6c5c4c31. The average molecular weight is 1680 g/mol. The maximum absolute atomic E-state index is 14.6. The molecule has 27 aromatic carbocycles. The second kappa shape index (κ2) is 26.9. The molecule has 9 heteroatoms. The molecule has 3 aromatic heterocycles. The fourth-order valence-corrected chi connectivity index (χ4v) is 23.7. The Balaban J connectivity index is 0.0000000991. The van der Waals surface area contributed by atoms with E-state index in [1.54, 1.807) is 0 Å². The highest BCUT2D eigenvalue weighted by Crippen LogP contribution is 2.59. The van der Waals surface area contributed by atoms with Crippen molar-refractivity contribution in [1.29, 1.82) is 0 Å². The highest BCUT2D eigenvalue weighted by atomic mass is 16.2. The highest BCUT2D eigenvalue weighted by Gasteiger charge is 2.35. The molecule has 0 saturated carbocycles. The third-order valence-corrected chi connectivity index (χ3v) is 29.2. The van der Waals surface area contributed by atoms with Gasteiger partial charge in [-0.25, -0.2) is 13.7 Å². The number of para-hydroxylation sites is 1. The lowest BCUT2D eigenvalue weighted by Gasteiger charge is -2.12. The molecule has 3 heterocycles. The van der Waals surface area contributed by atoms with Gasteiger partial charge in [-0.1, -0.05) is 303 Å². The van der Waals surface area contributed by atoms with Crippen LogP contribution in [-0.2, 0) is 0 Å². The fourth-order valence-electron chi connectivity index (χ4n) is 23.7. The molecule has 0 saturated heterocycles. The summed E-state index contributed by atoms with van der Waals surface area (Å²) in [5.74, 6) is 0. The van der Waals surface area contributed by atoms with Crippen molar-refractivity contribution < 1.29 is 0 Å². The largest absolute Gasteiger partial charge is 0.268 e. The molecule has 0 radical (unpaired) electrons. The minimum Gasteiger partial charge on any atom is -0.268 e. The predicted octanol–water partition coefficient (Wildman–Crippen LogP) is 28.5. The first-order chi connectivity index (χ1) is 64.8. The molecular weight excluding hydrogens is 1620 g/mol. The molecule has 0 fully saturated rings. The van der Waals surface area contributed by atoms with Gasteiger partial charge in [0.25, 0.3) is 33.4 Å². The Hall–Kier alpha value is -17.4. The third-order valence-electron chi connectivity index (χ3n) is 29.2. The summed E-state index contributed by atoms with van der Waals surface area (Å²) in [7, 11) is 0. The Bertz CT molecular complexity index is 9920. The topological polar surface area (TPSA) is 117 Å². The van der Waals surface area contributed by atoms with Gasteiger partial charge >= 0.3 is 0 Å². The Morgan fingerprint density at radius 3 is 0.652 bits per heavy atom. The van der Waals surface area contributed by atoms with Gasteiger partial charge in [0.05, 0.1) is 49.4 Å². The molecule has 0 aliphatic heterocycles. The summed E-state index contributed by atoms with van der Waals surface area (Å²) in [5.41, 5.74) is 16.1. The van der Waals surface area contributed by atoms with Gasteiger partial charge < -0.3 is 0 Å². The van der Waals surface area contributed by atoms with E-state index in [1.807, 2.05) is 203 Å². The van der Waals surface area contributed by atoms with Crippen LogP contribution in [0.15, 0.2) is 393 Å². The molecule has 0 aliphatic rings. The number of benzene rings is 24. The summed E-state index contributed by atoms with van der Waals surface area (Å²) < 4.78 is 4.14. The Morgan fingerprint density at radius 2 is 0.394 bits per heavy atom. The van der Waals surface area contributed by atoms with Crippen LogP contribution < -0.4 is 33.4 Å². The molecule has 612 valence electrons. The lowest BCUT2D eigenvalue weighted by Crippen LogP contribution is -2.24. The van der Waals surface area contributed by atoms with Crippen LogP contribution in [0.25, 0.3) is 278 Å². The normalized spacial score (nSPS) is 12.4. The van der Waals surface area contributed by atoms with E-state index in [9.17, 15) is 28.8 Å². The zero-order chi connectivity index (χ0) is 87.8. The van der Waals surface area contributed by atoms with Crippen LogP contribution in [0.1, 0.15) is 16.7 Å². The first kappa shape index (κ1) is 73.8. The number of aryl methyl sites for hydroxylation is 3. The van der Waals surface area contributed by atoms with Crippen LogP contribution in [0.3, 0.4) is 0 Å². The molecule has 0 N–H and O–H groups in total. The fraction of sp³-hybridized carbons (Fsp3) is 0.0244. The van der Waals surface area contributed by atoms with Crippen molar-refractivity contribution >= 4 is 194 Å². The summed E-state index contributed by atoms with van der Waals surface area (Å²) in [5, 5.41) is 35.7. The monoisotopic (exact) mass is 1680 g/mol. The van der Waals surface area contributed by atoms with E-state index in [0.717, 1.165) is 180 Å². The number of hydrogen-bond acceptors (Lipinski definition) is 6. The van der Waals surface area contributed by atoms with Crippen molar-refractivity contribution in [3.63, 3.8) is 0 Å². The zero-order valence-electron chi connectivity index (χ0n) is 71.4. The Morgan fingerprint density at radius 1 is 0.159 bits per heavy atom. The molecule has 0 amide bonds. The molecule has 0 spiro atoms. The summed E-state index contributed by atoms with van der Waals surface area (Å²) in [6.07, 6.45) is 0. The van der Waals surface area contributed by atoms with Gasteiger partial charge in [0, 0.05) is 0 Å². The molecule has 9 nitrogen and oxygen atoms in total. The molecule has 0 atom stereocenters. The van der Waals surface area contributed by atoms with Crippen LogP contribution in [0.5, 0.6) is 0 Å². The Labute approximate surface area is 749 Å². The number of rotatable bonds is 9. The predicted molar refractivity (Wildman–Crippen MR) is 551 cm³/mol.